The van der Waals surface area contributed by atoms with E-state index in [-0.39, 0.29) is 42.4 Å². The number of alkyl halides is 3. The topological polar surface area (TPSA) is 121 Å². The van der Waals surface area contributed by atoms with E-state index < -0.39 is 30.8 Å². The molecule has 1 unspecified atom stereocenters. The minimum absolute atomic E-state index is 0.00496. The van der Waals surface area contributed by atoms with Crippen molar-refractivity contribution in [3.8, 4) is 5.75 Å². The molecule has 33 heavy (non-hydrogen) atoms. The molecular formula is C20H24F3N5O4S. The van der Waals surface area contributed by atoms with Crippen LogP contribution in [0.3, 0.4) is 0 Å². The molecule has 2 aromatic rings. The van der Waals surface area contributed by atoms with Crippen molar-refractivity contribution in [1.29, 1.82) is 0 Å². The standard InChI is InChI=1S/C18H18F3N5O4S.C2H6/c19-4-11-3-9-6-28-17(22)26-18(9,8-29-11)15-25-13(7-31-15)24-14(27)12-2-1-10(5-23-12)30-16(20)21;1-2/h1-2,5,7,9,11,16H,3-4,6,8H2,(H2,22,26)(H,24,27);1-2H3/t9-,11?,18-;/m1./s1. The molecule has 1 saturated heterocycles. The van der Waals surface area contributed by atoms with E-state index in [9.17, 15) is 18.0 Å². The van der Waals surface area contributed by atoms with E-state index in [4.69, 9.17) is 15.2 Å². The number of aliphatic imine (C=N–C) groups is 1. The van der Waals surface area contributed by atoms with E-state index in [1.165, 1.54) is 23.5 Å². The van der Waals surface area contributed by atoms with E-state index in [2.05, 4.69) is 25.0 Å². The zero-order chi connectivity index (χ0) is 24.0. The van der Waals surface area contributed by atoms with Gasteiger partial charge in [0.1, 0.15) is 34.5 Å². The van der Waals surface area contributed by atoms with Crippen LogP contribution in [0, 0.1) is 5.92 Å². The van der Waals surface area contributed by atoms with Crippen LogP contribution in [-0.4, -0.2) is 54.5 Å². The first-order valence-corrected chi connectivity index (χ1v) is 11.1. The molecule has 2 aliphatic heterocycles. The summed E-state index contributed by atoms with van der Waals surface area (Å²) in [5.41, 5.74) is 4.85. The van der Waals surface area contributed by atoms with Gasteiger partial charge in [-0.2, -0.15) is 8.78 Å². The predicted octanol–water partition coefficient (Wildman–Crippen LogP) is 3.33. The molecule has 4 heterocycles. The maximum Gasteiger partial charge on any atom is 0.387 e. The lowest BCUT2D eigenvalue weighted by atomic mass is 9.79. The third kappa shape index (κ3) is 5.53. The van der Waals surface area contributed by atoms with Gasteiger partial charge in [0.15, 0.2) is 0 Å². The van der Waals surface area contributed by atoms with Crippen LogP contribution in [0.15, 0.2) is 28.7 Å². The van der Waals surface area contributed by atoms with Crippen LogP contribution in [0.4, 0.5) is 19.0 Å². The van der Waals surface area contributed by atoms with Crippen LogP contribution < -0.4 is 15.8 Å². The van der Waals surface area contributed by atoms with Crippen molar-refractivity contribution in [2.75, 3.05) is 25.2 Å². The summed E-state index contributed by atoms with van der Waals surface area (Å²) < 4.78 is 52.7. The molecule has 0 bridgehead atoms. The Kier molecular flexibility index (Phi) is 8.08. The number of amides is 1. The quantitative estimate of drug-likeness (QED) is 0.641. The number of nitrogens with zero attached hydrogens (tertiary/aromatic N) is 3. The molecular weight excluding hydrogens is 463 g/mol. The lowest BCUT2D eigenvalue weighted by Gasteiger charge is -2.43. The summed E-state index contributed by atoms with van der Waals surface area (Å²) in [5, 5.41) is 4.77. The highest BCUT2D eigenvalue weighted by atomic mass is 32.1. The average molecular weight is 488 g/mol. The van der Waals surface area contributed by atoms with Gasteiger partial charge in [0, 0.05) is 11.3 Å². The molecule has 0 aliphatic carbocycles. The van der Waals surface area contributed by atoms with Crippen molar-refractivity contribution in [2.24, 2.45) is 16.6 Å². The fourth-order valence-corrected chi connectivity index (χ4v) is 4.44. The largest absolute Gasteiger partial charge is 0.465 e. The zero-order valence-corrected chi connectivity index (χ0v) is 18.8. The van der Waals surface area contributed by atoms with Crippen molar-refractivity contribution in [2.45, 2.75) is 38.5 Å². The fraction of sp³-hybridized carbons (Fsp3) is 0.500. The Morgan fingerprint density at radius 2 is 2.21 bits per heavy atom. The Morgan fingerprint density at radius 3 is 2.88 bits per heavy atom. The Labute approximate surface area is 192 Å². The van der Waals surface area contributed by atoms with Gasteiger partial charge < -0.3 is 25.3 Å². The van der Waals surface area contributed by atoms with Crippen molar-refractivity contribution in [3.63, 3.8) is 0 Å². The zero-order valence-electron chi connectivity index (χ0n) is 18.0. The number of hydrogen-bond donors (Lipinski definition) is 2. The Hall–Kier alpha value is -2.93. The van der Waals surface area contributed by atoms with Crippen LogP contribution in [0.25, 0.3) is 0 Å². The molecule has 180 valence electrons. The summed E-state index contributed by atoms with van der Waals surface area (Å²) in [6, 6.07) is 2.46. The van der Waals surface area contributed by atoms with Crippen molar-refractivity contribution >= 4 is 29.1 Å². The number of thiazole rings is 1. The molecule has 0 aromatic carbocycles. The van der Waals surface area contributed by atoms with Gasteiger partial charge in [-0.3, -0.25) is 4.79 Å². The highest BCUT2D eigenvalue weighted by Crippen LogP contribution is 2.45. The smallest absolute Gasteiger partial charge is 0.387 e. The number of ether oxygens (including phenoxy) is 3. The number of anilines is 1. The number of aromatic nitrogens is 2. The minimum Gasteiger partial charge on any atom is -0.465 e. The number of halogens is 3. The molecule has 3 atom stereocenters. The number of hydrogen-bond acceptors (Lipinski definition) is 9. The number of carbonyl (C=O) groups excluding carboxylic acids is 1. The summed E-state index contributed by atoms with van der Waals surface area (Å²) in [5.74, 6) is -0.679. The first-order chi connectivity index (χ1) is 15.9. The summed E-state index contributed by atoms with van der Waals surface area (Å²) in [6.45, 7) is 0.751. The minimum atomic E-state index is -2.98. The number of fused-ring (bicyclic) bond motifs is 1. The summed E-state index contributed by atoms with van der Waals surface area (Å²) in [6.07, 6.45) is 0.876. The third-order valence-corrected chi connectivity index (χ3v) is 6.00. The maximum atomic E-state index is 13.1. The molecule has 0 radical (unpaired) electrons. The maximum absolute atomic E-state index is 13.1. The van der Waals surface area contributed by atoms with Crippen LogP contribution >= 0.6 is 11.3 Å². The second-order valence-electron chi connectivity index (χ2n) is 6.95. The molecule has 0 spiro atoms. The number of nitrogens with one attached hydrogen (secondary N) is 1. The number of nitrogens with two attached hydrogens (primary N) is 1. The van der Waals surface area contributed by atoms with Crippen LogP contribution in [0.2, 0.25) is 0 Å². The van der Waals surface area contributed by atoms with Crippen LogP contribution in [0.5, 0.6) is 5.75 Å². The van der Waals surface area contributed by atoms with Gasteiger partial charge in [0.05, 0.1) is 25.5 Å². The first-order valence-electron chi connectivity index (χ1n) is 10.2. The van der Waals surface area contributed by atoms with Crippen molar-refractivity contribution in [3.05, 3.63) is 34.4 Å². The lowest BCUT2D eigenvalue weighted by Crippen LogP contribution is -2.52. The van der Waals surface area contributed by atoms with Gasteiger partial charge in [0.2, 0.25) is 0 Å². The lowest BCUT2D eigenvalue weighted by molar-refractivity contribution is -0.0876. The summed E-state index contributed by atoms with van der Waals surface area (Å²) in [7, 11) is 0. The summed E-state index contributed by atoms with van der Waals surface area (Å²) >= 11 is 1.25. The number of rotatable bonds is 6. The predicted molar refractivity (Wildman–Crippen MR) is 115 cm³/mol. The number of amidine groups is 1. The van der Waals surface area contributed by atoms with E-state index in [1.807, 2.05) is 13.8 Å². The van der Waals surface area contributed by atoms with Crippen LogP contribution in [-0.2, 0) is 15.0 Å². The van der Waals surface area contributed by atoms with E-state index in [0.717, 1.165) is 6.20 Å². The number of carbonyl (C=O) groups is 1. The van der Waals surface area contributed by atoms with Crippen molar-refractivity contribution in [1.82, 2.24) is 9.97 Å². The highest BCUT2D eigenvalue weighted by molar-refractivity contribution is 7.10. The van der Waals surface area contributed by atoms with E-state index >= 15 is 0 Å². The first kappa shape index (κ1) is 24.7. The van der Waals surface area contributed by atoms with E-state index in [1.54, 1.807) is 5.38 Å². The third-order valence-electron chi connectivity index (χ3n) is 4.99. The molecule has 9 nitrogen and oxygen atoms in total. The highest BCUT2D eigenvalue weighted by Gasteiger charge is 2.50. The average Bonchev–Trinajstić information content (AvgIpc) is 3.29. The Bertz CT molecular complexity index is 975. The van der Waals surface area contributed by atoms with Crippen LogP contribution in [0.1, 0.15) is 35.8 Å². The molecule has 1 amide bonds. The monoisotopic (exact) mass is 487 g/mol. The Morgan fingerprint density at radius 1 is 1.42 bits per heavy atom. The molecule has 0 saturated carbocycles. The van der Waals surface area contributed by atoms with Gasteiger partial charge in [0.25, 0.3) is 11.9 Å². The Balaban J connectivity index is 0.00000149. The van der Waals surface area contributed by atoms with Gasteiger partial charge in [-0.25, -0.2) is 19.4 Å². The second-order valence-corrected chi connectivity index (χ2v) is 7.81. The second kappa shape index (κ2) is 10.8. The SMILES string of the molecule is CC.NC1=N[C@]2(c3nc(NC(=O)c4ccc(OC(F)F)cn4)cs3)COC(CF)C[C@@H]2CO1. The summed E-state index contributed by atoms with van der Waals surface area (Å²) in [4.78, 5) is 25.1. The normalized spacial score (nSPS) is 24.0. The molecule has 4 rings (SSSR count). The van der Waals surface area contributed by atoms with Gasteiger partial charge in [-0.15, -0.1) is 11.3 Å². The fourth-order valence-electron chi connectivity index (χ4n) is 3.48. The van der Waals surface area contributed by atoms with Gasteiger partial charge >= 0.3 is 6.61 Å². The molecule has 13 heteroatoms. The number of pyridine rings is 1. The molecule has 2 aromatic heterocycles. The van der Waals surface area contributed by atoms with Gasteiger partial charge in [-0.1, -0.05) is 13.8 Å². The van der Waals surface area contributed by atoms with Crippen molar-refractivity contribution < 1.29 is 32.2 Å². The molecule has 1 fully saturated rings. The van der Waals surface area contributed by atoms with Gasteiger partial charge in [-0.05, 0) is 18.6 Å². The molecule has 2 aliphatic rings. The van der Waals surface area contributed by atoms with E-state index in [0.29, 0.717) is 11.4 Å². The molecule has 3 N–H and O–H groups in total.